The molecule has 160 valence electrons. The van der Waals surface area contributed by atoms with Crippen LogP contribution < -0.4 is 4.74 Å². The minimum Gasteiger partial charge on any atom is -0.495 e. The minimum atomic E-state index is -0.279. The second kappa shape index (κ2) is 7.52. The Kier molecular flexibility index (Phi) is 4.36. The van der Waals surface area contributed by atoms with Gasteiger partial charge in [0.25, 0.3) is 0 Å². The smallest absolute Gasteiger partial charge is 0.138 e. The van der Waals surface area contributed by atoms with Crippen LogP contribution in [0.5, 0.6) is 5.75 Å². The summed E-state index contributed by atoms with van der Waals surface area (Å²) >= 11 is 0. The molecule has 2 N–H and O–H groups in total. The highest BCUT2D eigenvalue weighted by Crippen LogP contribution is 2.34. The number of rotatable bonds is 4. The standard InChI is InChI=1S/C25H17FN6O/c1-33-17-8-15(11-27-12-17)21-10-20-23(13-29-21)31-32-24(20)22-9-19-18(5-6-28-25(19)30-22)14-3-2-4-16(26)7-14/h2-13H,1H3,(H,28,30)(H,31,32). The van der Waals surface area contributed by atoms with Gasteiger partial charge in [-0.3, -0.25) is 15.1 Å². The fraction of sp³-hybridized carbons (Fsp3) is 0.0400. The van der Waals surface area contributed by atoms with Crippen LogP contribution in [0.1, 0.15) is 0 Å². The lowest BCUT2D eigenvalue weighted by Crippen LogP contribution is -1.88. The van der Waals surface area contributed by atoms with Gasteiger partial charge in [0, 0.05) is 28.7 Å². The van der Waals surface area contributed by atoms with Gasteiger partial charge in [-0.2, -0.15) is 5.10 Å². The Morgan fingerprint density at radius 1 is 0.909 bits per heavy atom. The number of H-pyrrole nitrogens is 2. The summed E-state index contributed by atoms with van der Waals surface area (Å²) in [6.45, 7) is 0. The second-order valence-electron chi connectivity index (χ2n) is 7.61. The van der Waals surface area contributed by atoms with E-state index in [1.807, 2.05) is 30.3 Å². The van der Waals surface area contributed by atoms with Crippen LogP contribution >= 0.6 is 0 Å². The maximum absolute atomic E-state index is 13.8. The number of nitrogens with one attached hydrogen (secondary N) is 2. The largest absolute Gasteiger partial charge is 0.495 e. The van der Waals surface area contributed by atoms with Gasteiger partial charge in [0.15, 0.2) is 0 Å². The first-order chi connectivity index (χ1) is 16.2. The Morgan fingerprint density at radius 3 is 2.73 bits per heavy atom. The average molecular weight is 436 g/mol. The van der Waals surface area contributed by atoms with Gasteiger partial charge in [0.2, 0.25) is 0 Å². The van der Waals surface area contributed by atoms with Crippen LogP contribution in [-0.4, -0.2) is 37.2 Å². The Bertz CT molecular complexity index is 1640. The lowest BCUT2D eigenvalue weighted by atomic mass is 10.0. The fourth-order valence-electron chi connectivity index (χ4n) is 4.01. The highest BCUT2D eigenvalue weighted by Gasteiger charge is 2.15. The van der Waals surface area contributed by atoms with Gasteiger partial charge < -0.3 is 9.72 Å². The van der Waals surface area contributed by atoms with E-state index in [-0.39, 0.29) is 5.82 Å². The third-order valence-corrected chi connectivity index (χ3v) is 5.61. The van der Waals surface area contributed by atoms with Crippen LogP contribution in [-0.2, 0) is 0 Å². The zero-order chi connectivity index (χ0) is 22.4. The molecule has 0 aliphatic heterocycles. The third kappa shape index (κ3) is 3.28. The molecule has 6 rings (SSSR count). The van der Waals surface area contributed by atoms with Crippen LogP contribution in [0, 0.1) is 5.82 Å². The molecule has 1 aromatic carbocycles. The van der Waals surface area contributed by atoms with E-state index in [1.165, 1.54) is 12.1 Å². The predicted molar refractivity (Wildman–Crippen MR) is 124 cm³/mol. The van der Waals surface area contributed by atoms with E-state index >= 15 is 0 Å². The van der Waals surface area contributed by atoms with Crippen molar-refractivity contribution in [2.45, 2.75) is 0 Å². The van der Waals surface area contributed by atoms with Crippen LogP contribution in [0.4, 0.5) is 4.39 Å². The van der Waals surface area contributed by atoms with Crippen molar-refractivity contribution >= 4 is 21.9 Å². The number of ether oxygens (including phenoxy) is 1. The number of hydrogen-bond donors (Lipinski definition) is 2. The molecule has 0 aliphatic rings. The molecule has 0 unspecified atom stereocenters. The van der Waals surface area contributed by atoms with Crippen molar-refractivity contribution in [3.05, 3.63) is 79.1 Å². The van der Waals surface area contributed by atoms with Crippen molar-refractivity contribution in [1.29, 1.82) is 0 Å². The topological polar surface area (TPSA) is 92.4 Å². The average Bonchev–Trinajstić information content (AvgIpc) is 3.47. The molecule has 0 fully saturated rings. The molecule has 5 heterocycles. The van der Waals surface area contributed by atoms with E-state index in [1.54, 1.807) is 38.0 Å². The van der Waals surface area contributed by atoms with Gasteiger partial charge in [-0.25, -0.2) is 9.37 Å². The van der Waals surface area contributed by atoms with Crippen molar-refractivity contribution in [3.8, 4) is 39.5 Å². The summed E-state index contributed by atoms with van der Waals surface area (Å²) in [7, 11) is 1.60. The van der Waals surface area contributed by atoms with Crippen LogP contribution in [0.3, 0.4) is 0 Å². The number of fused-ring (bicyclic) bond motifs is 2. The third-order valence-electron chi connectivity index (χ3n) is 5.61. The number of aromatic nitrogens is 6. The molecule has 6 aromatic rings. The number of benzene rings is 1. The summed E-state index contributed by atoms with van der Waals surface area (Å²) in [5, 5.41) is 9.36. The SMILES string of the molecule is COc1cncc(-c2cc3c(-c4cc5c(-c6cccc(F)c6)ccnc5[nH]4)n[nH]c3cn2)c1. The van der Waals surface area contributed by atoms with E-state index in [4.69, 9.17) is 4.74 Å². The molecule has 7 nitrogen and oxygen atoms in total. The van der Waals surface area contributed by atoms with Crippen molar-refractivity contribution in [2.75, 3.05) is 7.11 Å². The summed E-state index contributed by atoms with van der Waals surface area (Å²) in [6, 6.07) is 14.3. The summed E-state index contributed by atoms with van der Waals surface area (Å²) in [6.07, 6.45) is 6.86. The first-order valence-corrected chi connectivity index (χ1v) is 10.3. The normalized spacial score (nSPS) is 11.3. The van der Waals surface area contributed by atoms with E-state index in [0.717, 1.165) is 50.1 Å². The molecule has 0 bridgehead atoms. The Labute approximate surface area is 187 Å². The summed E-state index contributed by atoms with van der Waals surface area (Å²) in [5.41, 5.74) is 6.34. The van der Waals surface area contributed by atoms with Crippen LogP contribution in [0.15, 0.2) is 73.3 Å². The monoisotopic (exact) mass is 436 g/mol. The van der Waals surface area contributed by atoms with Gasteiger partial charge in [-0.15, -0.1) is 0 Å². The molecule has 0 radical (unpaired) electrons. The maximum atomic E-state index is 13.8. The molecule has 0 spiro atoms. The molecule has 8 heteroatoms. The lowest BCUT2D eigenvalue weighted by Gasteiger charge is -2.04. The molecule has 0 saturated heterocycles. The molecule has 33 heavy (non-hydrogen) atoms. The number of nitrogens with zero attached hydrogens (tertiary/aromatic N) is 4. The molecule has 0 atom stereocenters. The Hall–Kier alpha value is -4.59. The second-order valence-corrected chi connectivity index (χ2v) is 7.61. The van der Waals surface area contributed by atoms with Gasteiger partial charge in [0.05, 0.1) is 36.4 Å². The van der Waals surface area contributed by atoms with Crippen LogP contribution in [0.25, 0.3) is 55.7 Å². The van der Waals surface area contributed by atoms with Gasteiger partial charge >= 0.3 is 0 Å². The number of hydrogen-bond acceptors (Lipinski definition) is 5. The van der Waals surface area contributed by atoms with Crippen molar-refractivity contribution in [1.82, 2.24) is 30.1 Å². The lowest BCUT2D eigenvalue weighted by molar-refractivity contribution is 0.413. The number of halogens is 1. The molecule has 0 saturated carbocycles. The van der Waals surface area contributed by atoms with Crippen molar-refractivity contribution in [3.63, 3.8) is 0 Å². The highest BCUT2D eigenvalue weighted by molar-refractivity contribution is 6.00. The van der Waals surface area contributed by atoms with Crippen LogP contribution in [0.2, 0.25) is 0 Å². The summed E-state index contributed by atoms with van der Waals surface area (Å²) in [5.74, 6) is 0.381. The number of pyridine rings is 3. The van der Waals surface area contributed by atoms with Crippen molar-refractivity contribution < 1.29 is 9.13 Å². The van der Waals surface area contributed by atoms with E-state index in [2.05, 4.69) is 30.1 Å². The van der Waals surface area contributed by atoms with Gasteiger partial charge in [-0.1, -0.05) is 12.1 Å². The Morgan fingerprint density at radius 2 is 1.85 bits per heavy atom. The minimum absolute atomic E-state index is 0.279. The number of aromatic amines is 2. The fourth-order valence-corrected chi connectivity index (χ4v) is 4.01. The zero-order valence-electron chi connectivity index (χ0n) is 17.5. The van der Waals surface area contributed by atoms with Crippen molar-refractivity contribution in [2.24, 2.45) is 0 Å². The molecule has 5 aromatic heterocycles. The van der Waals surface area contributed by atoms with Gasteiger partial charge in [-0.05, 0) is 47.5 Å². The Balaban J connectivity index is 1.49. The first-order valence-electron chi connectivity index (χ1n) is 10.3. The molecule has 0 amide bonds. The summed E-state index contributed by atoms with van der Waals surface area (Å²) < 4.78 is 19.1. The summed E-state index contributed by atoms with van der Waals surface area (Å²) in [4.78, 5) is 16.6. The maximum Gasteiger partial charge on any atom is 0.138 e. The predicted octanol–water partition coefficient (Wildman–Crippen LogP) is 5.38. The van der Waals surface area contributed by atoms with Gasteiger partial charge in [0.1, 0.15) is 22.9 Å². The van der Waals surface area contributed by atoms with E-state index in [0.29, 0.717) is 11.4 Å². The number of methoxy groups -OCH3 is 1. The highest BCUT2D eigenvalue weighted by atomic mass is 19.1. The van der Waals surface area contributed by atoms with E-state index in [9.17, 15) is 4.39 Å². The van der Waals surface area contributed by atoms with E-state index < -0.39 is 0 Å². The molecule has 0 aliphatic carbocycles. The first kappa shape index (κ1) is 19.1. The zero-order valence-corrected chi connectivity index (χ0v) is 17.5. The molecular formula is C25H17FN6O. The quantitative estimate of drug-likeness (QED) is 0.387. The molecular weight excluding hydrogens is 419 g/mol.